The van der Waals surface area contributed by atoms with Gasteiger partial charge in [0, 0.05) is 29.8 Å². The van der Waals surface area contributed by atoms with Crippen LogP contribution >= 0.6 is 15.9 Å². The molecule has 1 amide bonds. The number of benzene rings is 1. The first-order chi connectivity index (χ1) is 10.6. The van der Waals surface area contributed by atoms with Gasteiger partial charge in [0.2, 0.25) is 0 Å². The van der Waals surface area contributed by atoms with Crippen LogP contribution in [0.5, 0.6) is 5.75 Å². The van der Waals surface area contributed by atoms with Crippen molar-refractivity contribution in [2.45, 2.75) is 6.42 Å². The van der Waals surface area contributed by atoms with Crippen molar-refractivity contribution in [2.75, 3.05) is 6.54 Å². The van der Waals surface area contributed by atoms with Crippen molar-refractivity contribution < 1.29 is 9.90 Å². The van der Waals surface area contributed by atoms with E-state index in [0.29, 0.717) is 13.0 Å². The van der Waals surface area contributed by atoms with Crippen LogP contribution in [0.2, 0.25) is 0 Å². The van der Waals surface area contributed by atoms with Crippen molar-refractivity contribution >= 4 is 27.5 Å². The van der Waals surface area contributed by atoms with Crippen LogP contribution in [-0.4, -0.2) is 26.9 Å². The standard InChI is InChI=1S/C16H14BrN3O2/c17-11-4-5-13(14(21)9-11)16(22)18-7-6-12-10-20-8-2-1-3-15(20)19-12/h1-5,8-10,21H,6-7H2,(H,18,22). The van der Waals surface area contributed by atoms with Crippen LogP contribution in [0, 0.1) is 0 Å². The van der Waals surface area contributed by atoms with Gasteiger partial charge in [0.25, 0.3) is 5.91 Å². The summed E-state index contributed by atoms with van der Waals surface area (Å²) in [5, 5.41) is 12.6. The molecule has 22 heavy (non-hydrogen) atoms. The molecule has 0 unspecified atom stereocenters. The molecule has 6 heteroatoms. The molecule has 0 bridgehead atoms. The fraction of sp³-hybridized carbons (Fsp3) is 0.125. The Morgan fingerprint density at radius 2 is 2.18 bits per heavy atom. The molecule has 3 aromatic rings. The minimum atomic E-state index is -0.297. The molecule has 5 nitrogen and oxygen atoms in total. The summed E-state index contributed by atoms with van der Waals surface area (Å²) in [4.78, 5) is 16.5. The predicted octanol–water partition coefficient (Wildman–Crippen LogP) is 2.77. The third kappa shape index (κ3) is 3.12. The van der Waals surface area contributed by atoms with Crippen molar-refractivity contribution in [2.24, 2.45) is 0 Å². The molecule has 0 aliphatic rings. The maximum absolute atomic E-state index is 12.0. The molecule has 112 valence electrons. The number of phenolic OH excluding ortho intramolecular Hbond substituents is 1. The zero-order chi connectivity index (χ0) is 15.5. The van der Waals surface area contributed by atoms with Gasteiger partial charge in [0.15, 0.2) is 0 Å². The Balaban J connectivity index is 1.61. The number of fused-ring (bicyclic) bond motifs is 1. The van der Waals surface area contributed by atoms with Gasteiger partial charge in [-0.3, -0.25) is 4.79 Å². The SMILES string of the molecule is O=C(NCCc1cn2ccccc2n1)c1ccc(Br)cc1O. The van der Waals surface area contributed by atoms with E-state index in [0.717, 1.165) is 15.8 Å². The topological polar surface area (TPSA) is 66.6 Å². The van der Waals surface area contributed by atoms with E-state index in [9.17, 15) is 9.90 Å². The fourth-order valence-electron chi connectivity index (χ4n) is 2.20. The number of nitrogens with zero attached hydrogens (tertiary/aromatic N) is 2. The Morgan fingerprint density at radius 1 is 1.32 bits per heavy atom. The number of carbonyl (C=O) groups is 1. The lowest BCUT2D eigenvalue weighted by Crippen LogP contribution is -2.25. The molecular formula is C16H14BrN3O2. The van der Waals surface area contributed by atoms with E-state index >= 15 is 0 Å². The van der Waals surface area contributed by atoms with Gasteiger partial charge in [-0.1, -0.05) is 22.0 Å². The first kappa shape index (κ1) is 14.6. The summed E-state index contributed by atoms with van der Waals surface area (Å²) >= 11 is 3.24. The van der Waals surface area contributed by atoms with Gasteiger partial charge in [-0.15, -0.1) is 0 Å². The molecule has 2 N–H and O–H groups in total. The molecule has 0 saturated heterocycles. The average molecular weight is 360 g/mol. The van der Waals surface area contributed by atoms with Crippen molar-refractivity contribution in [3.8, 4) is 5.75 Å². The summed E-state index contributed by atoms with van der Waals surface area (Å²) in [6, 6.07) is 10.6. The van der Waals surface area contributed by atoms with Crippen LogP contribution in [0.4, 0.5) is 0 Å². The predicted molar refractivity (Wildman–Crippen MR) is 87.0 cm³/mol. The molecule has 0 atom stereocenters. The first-order valence-electron chi connectivity index (χ1n) is 6.83. The van der Waals surface area contributed by atoms with Crippen LogP contribution in [0.1, 0.15) is 16.1 Å². The zero-order valence-electron chi connectivity index (χ0n) is 11.7. The highest BCUT2D eigenvalue weighted by atomic mass is 79.9. The van der Waals surface area contributed by atoms with Crippen molar-refractivity contribution in [3.63, 3.8) is 0 Å². The molecule has 2 aromatic heterocycles. The normalized spacial score (nSPS) is 10.8. The lowest BCUT2D eigenvalue weighted by molar-refractivity contribution is 0.0951. The highest BCUT2D eigenvalue weighted by molar-refractivity contribution is 9.10. The van der Waals surface area contributed by atoms with Gasteiger partial charge in [-0.05, 0) is 30.3 Å². The summed E-state index contributed by atoms with van der Waals surface area (Å²) in [7, 11) is 0. The summed E-state index contributed by atoms with van der Waals surface area (Å²) in [5.74, 6) is -0.339. The number of amides is 1. The first-order valence-corrected chi connectivity index (χ1v) is 7.62. The van der Waals surface area contributed by atoms with Crippen LogP contribution in [0.3, 0.4) is 0 Å². The lowest BCUT2D eigenvalue weighted by Gasteiger charge is -2.06. The quantitative estimate of drug-likeness (QED) is 0.752. The van der Waals surface area contributed by atoms with E-state index in [1.165, 1.54) is 6.07 Å². The molecule has 1 aromatic carbocycles. The monoisotopic (exact) mass is 359 g/mol. The summed E-state index contributed by atoms with van der Waals surface area (Å²) in [6.07, 6.45) is 4.51. The number of imidazole rings is 1. The zero-order valence-corrected chi connectivity index (χ0v) is 13.2. The molecular weight excluding hydrogens is 346 g/mol. The Hall–Kier alpha value is -2.34. The van der Waals surface area contributed by atoms with Crippen LogP contribution in [0.15, 0.2) is 53.3 Å². The molecule has 0 aliphatic heterocycles. The van der Waals surface area contributed by atoms with Gasteiger partial charge in [-0.2, -0.15) is 0 Å². The number of hydrogen-bond acceptors (Lipinski definition) is 3. The van der Waals surface area contributed by atoms with Crippen LogP contribution < -0.4 is 5.32 Å². The Bertz CT molecular complexity index is 796. The fourth-order valence-corrected chi connectivity index (χ4v) is 2.55. The van der Waals surface area contributed by atoms with E-state index in [4.69, 9.17) is 0 Å². The second-order valence-corrected chi connectivity index (χ2v) is 5.78. The number of hydrogen-bond donors (Lipinski definition) is 2. The molecule has 0 radical (unpaired) electrons. The van der Waals surface area contributed by atoms with Gasteiger partial charge in [0.1, 0.15) is 11.4 Å². The largest absolute Gasteiger partial charge is 0.507 e. The highest BCUT2D eigenvalue weighted by Gasteiger charge is 2.11. The Morgan fingerprint density at radius 3 is 2.95 bits per heavy atom. The van der Waals surface area contributed by atoms with Crippen molar-refractivity contribution in [1.29, 1.82) is 0 Å². The molecule has 0 fully saturated rings. The summed E-state index contributed by atoms with van der Waals surface area (Å²) in [5.41, 5.74) is 2.05. The molecule has 0 aliphatic carbocycles. The number of rotatable bonds is 4. The summed E-state index contributed by atoms with van der Waals surface area (Å²) < 4.78 is 2.67. The smallest absolute Gasteiger partial charge is 0.255 e. The van der Waals surface area contributed by atoms with Crippen molar-refractivity contribution in [1.82, 2.24) is 14.7 Å². The number of nitrogens with one attached hydrogen (secondary N) is 1. The average Bonchev–Trinajstić information content (AvgIpc) is 2.89. The minimum Gasteiger partial charge on any atom is -0.507 e. The summed E-state index contributed by atoms with van der Waals surface area (Å²) in [6.45, 7) is 0.457. The van der Waals surface area contributed by atoms with Gasteiger partial charge >= 0.3 is 0 Å². The molecule has 3 rings (SSSR count). The second kappa shape index (κ2) is 6.19. The van der Waals surface area contributed by atoms with Gasteiger partial charge in [-0.25, -0.2) is 4.98 Å². The molecule has 0 saturated carbocycles. The maximum Gasteiger partial charge on any atom is 0.255 e. The van der Waals surface area contributed by atoms with E-state index < -0.39 is 0 Å². The Labute approximate surface area is 135 Å². The number of pyridine rings is 1. The van der Waals surface area contributed by atoms with E-state index in [1.54, 1.807) is 12.1 Å². The van der Waals surface area contributed by atoms with E-state index in [-0.39, 0.29) is 17.2 Å². The number of phenols is 1. The van der Waals surface area contributed by atoms with Gasteiger partial charge < -0.3 is 14.8 Å². The Kier molecular flexibility index (Phi) is 4.11. The number of carbonyl (C=O) groups excluding carboxylic acids is 1. The minimum absolute atomic E-state index is 0.0420. The van der Waals surface area contributed by atoms with Crippen LogP contribution in [0.25, 0.3) is 5.65 Å². The third-order valence-corrected chi connectivity index (χ3v) is 3.78. The van der Waals surface area contributed by atoms with E-state index in [2.05, 4.69) is 26.2 Å². The lowest BCUT2D eigenvalue weighted by atomic mass is 10.2. The van der Waals surface area contributed by atoms with Crippen molar-refractivity contribution in [3.05, 3.63) is 64.5 Å². The maximum atomic E-state index is 12.0. The van der Waals surface area contributed by atoms with Gasteiger partial charge in [0.05, 0.1) is 11.3 Å². The molecule has 2 heterocycles. The highest BCUT2D eigenvalue weighted by Crippen LogP contribution is 2.22. The van der Waals surface area contributed by atoms with E-state index in [1.807, 2.05) is 35.0 Å². The second-order valence-electron chi connectivity index (χ2n) is 4.87. The number of halogens is 1. The number of aromatic nitrogens is 2. The molecule has 0 spiro atoms. The van der Waals surface area contributed by atoms with Crippen LogP contribution in [-0.2, 0) is 6.42 Å². The third-order valence-electron chi connectivity index (χ3n) is 3.28. The number of aromatic hydroxyl groups is 1.